The van der Waals surface area contributed by atoms with Crippen LogP contribution in [0.4, 0.5) is 4.39 Å². The molecular formula is C16H22ClFN2. The first-order chi connectivity index (χ1) is 9.75. The molecule has 1 aliphatic heterocycles. The van der Waals surface area contributed by atoms with E-state index in [4.69, 9.17) is 11.6 Å². The highest BCUT2D eigenvalue weighted by Crippen LogP contribution is 2.40. The molecule has 110 valence electrons. The number of halogens is 2. The summed E-state index contributed by atoms with van der Waals surface area (Å²) in [7, 11) is 0. The second kappa shape index (κ2) is 6.42. The largest absolute Gasteiger partial charge is 0.314 e. The molecule has 0 radical (unpaired) electrons. The predicted molar refractivity (Wildman–Crippen MR) is 80.6 cm³/mol. The van der Waals surface area contributed by atoms with Gasteiger partial charge in [0, 0.05) is 32.2 Å². The van der Waals surface area contributed by atoms with Crippen molar-refractivity contribution in [2.45, 2.75) is 31.7 Å². The van der Waals surface area contributed by atoms with Gasteiger partial charge in [0.15, 0.2) is 0 Å². The predicted octanol–water partition coefficient (Wildman–Crippen LogP) is 3.62. The van der Waals surface area contributed by atoms with E-state index in [2.05, 4.69) is 10.2 Å². The van der Waals surface area contributed by atoms with Gasteiger partial charge in [0.2, 0.25) is 0 Å². The lowest BCUT2D eigenvalue weighted by atomic mass is 9.89. The molecule has 0 unspecified atom stereocenters. The van der Waals surface area contributed by atoms with Gasteiger partial charge in [0.1, 0.15) is 5.82 Å². The third kappa shape index (κ3) is 3.00. The zero-order chi connectivity index (χ0) is 13.9. The Labute approximate surface area is 125 Å². The third-order valence-corrected chi connectivity index (χ3v) is 4.98. The number of nitrogens with zero attached hydrogens (tertiary/aromatic N) is 1. The Kier molecular flexibility index (Phi) is 4.59. The Balaban J connectivity index is 1.88. The van der Waals surface area contributed by atoms with E-state index < -0.39 is 0 Å². The minimum Gasteiger partial charge on any atom is -0.314 e. The van der Waals surface area contributed by atoms with Crippen LogP contribution >= 0.6 is 11.6 Å². The average molecular weight is 297 g/mol. The first-order valence-electron chi connectivity index (χ1n) is 7.65. The van der Waals surface area contributed by atoms with Crippen LogP contribution in [0.25, 0.3) is 0 Å². The summed E-state index contributed by atoms with van der Waals surface area (Å²) in [6.45, 7) is 4.15. The van der Waals surface area contributed by atoms with Gasteiger partial charge in [-0.05, 0) is 36.5 Å². The topological polar surface area (TPSA) is 15.3 Å². The van der Waals surface area contributed by atoms with Crippen LogP contribution in [0, 0.1) is 11.7 Å². The standard InChI is InChI=1S/C16H22ClFN2/c17-14-6-5-13(11-15(14)18)16(12-3-1-2-4-12)20-9-7-19-8-10-20/h5-6,11-12,16,19H,1-4,7-10H2/t16-/m0/s1. The fraction of sp³-hybridized carbons (Fsp3) is 0.625. The first-order valence-corrected chi connectivity index (χ1v) is 8.03. The highest BCUT2D eigenvalue weighted by molar-refractivity contribution is 6.30. The van der Waals surface area contributed by atoms with E-state index >= 15 is 0 Å². The summed E-state index contributed by atoms with van der Waals surface area (Å²) in [5.41, 5.74) is 1.10. The molecule has 1 aromatic carbocycles. The van der Waals surface area contributed by atoms with Gasteiger partial charge in [-0.15, -0.1) is 0 Å². The van der Waals surface area contributed by atoms with Gasteiger partial charge in [-0.3, -0.25) is 4.90 Å². The molecule has 4 heteroatoms. The van der Waals surface area contributed by atoms with Gasteiger partial charge >= 0.3 is 0 Å². The van der Waals surface area contributed by atoms with E-state index in [0.29, 0.717) is 12.0 Å². The summed E-state index contributed by atoms with van der Waals surface area (Å²) in [6, 6.07) is 5.71. The molecular weight excluding hydrogens is 275 g/mol. The Morgan fingerprint density at radius 1 is 1.20 bits per heavy atom. The second-order valence-electron chi connectivity index (χ2n) is 5.95. The minimum atomic E-state index is -0.290. The monoisotopic (exact) mass is 296 g/mol. The SMILES string of the molecule is Fc1cc([C@H](C2CCCC2)N2CCNCC2)ccc1Cl. The van der Waals surface area contributed by atoms with Crippen molar-refractivity contribution in [3.8, 4) is 0 Å². The van der Waals surface area contributed by atoms with Crippen LogP contribution in [0.1, 0.15) is 37.3 Å². The zero-order valence-electron chi connectivity index (χ0n) is 11.7. The fourth-order valence-corrected chi connectivity index (χ4v) is 3.83. The van der Waals surface area contributed by atoms with Crippen molar-refractivity contribution >= 4 is 11.6 Å². The molecule has 1 saturated heterocycles. The maximum Gasteiger partial charge on any atom is 0.142 e. The molecule has 1 N–H and O–H groups in total. The first kappa shape index (κ1) is 14.3. The molecule has 2 nitrogen and oxygen atoms in total. The number of piperazine rings is 1. The molecule has 1 heterocycles. The summed E-state index contributed by atoms with van der Waals surface area (Å²) in [5.74, 6) is 0.371. The van der Waals surface area contributed by atoms with Crippen LogP contribution in [0.3, 0.4) is 0 Å². The molecule has 20 heavy (non-hydrogen) atoms. The molecule has 1 saturated carbocycles. The molecule has 3 rings (SSSR count). The normalized spacial score (nSPS) is 23.1. The Morgan fingerprint density at radius 3 is 2.55 bits per heavy atom. The van der Waals surface area contributed by atoms with Crippen LogP contribution in [0.5, 0.6) is 0 Å². The lowest BCUT2D eigenvalue weighted by Gasteiger charge is -2.38. The summed E-state index contributed by atoms with van der Waals surface area (Å²) in [5, 5.41) is 3.62. The molecule has 0 amide bonds. The van der Waals surface area contributed by atoms with Crippen LogP contribution in [-0.2, 0) is 0 Å². The highest BCUT2D eigenvalue weighted by atomic mass is 35.5. The molecule has 1 aromatic rings. The number of hydrogen-bond acceptors (Lipinski definition) is 2. The lowest BCUT2D eigenvalue weighted by Crippen LogP contribution is -2.46. The Hall–Kier alpha value is -0.640. The van der Waals surface area contributed by atoms with Crippen LogP contribution in [0.15, 0.2) is 18.2 Å². The van der Waals surface area contributed by atoms with Crippen molar-refractivity contribution in [2.24, 2.45) is 5.92 Å². The van der Waals surface area contributed by atoms with E-state index in [1.807, 2.05) is 6.07 Å². The summed E-state index contributed by atoms with van der Waals surface area (Å²) in [6.07, 6.45) is 5.14. The van der Waals surface area contributed by atoms with E-state index in [1.54, 1.807) is 12.1 Å². The summed E-state index contributed by atoms with van der Waals surface area (Å²) < 4.78 is 13.8. The van der Waals surface area contributed by atoms with Gasteiger partial charge in [-0.2, -0.15) is 0 Å². The van der Waals surface area contributed by atoms with Gasteiger partial charge < -0.3 is 5.32 Å². The van der Waals surface area contributed by atoms with Gasteiger partial charge in [-0.1, -0.05) is 30.5 Å². The molecule has 0 bridgehead atoms. The second-order valence-corrected chi connectivity index (χ2v) is 6.36. The van der Waals surface area contributed by atoms with Crippen molar-refractivity contribution in [3.05, 3.63) is 34.6 Å². The molecule has 0 spiro atoms. The fourth-order valence-electron chi connectivity index (χ4n) is 3.71. The highest BCUT2D eigenvalue weighted by Gasteiger charge is 2.32. The quantitative estimate of drug-likeness (QED) is 0.916. The lowest BCUT2D eigenvalue weighted by molar-refractivity contribution is 0.125. The maximum atomic E-state index is 13.8. The Morgan fingerprint density at radius 2 is 1.90 bits per heavy atom. The van der Waals surface area contributed by atoms with Crippen LogP contribution in [0.2, 0.25) is 5.02 Å². The van der Waals surface area contributed by atoms with Crippen molar-refractivity contribution in [2.75, 3.05) is 26.2 Å². The number of hydrogen-bond donors (Lipinski definition) is 1. The molecule has 1 atom stereocenters. The van der Waals surface area contributed by atoms with Crippen molar-refractivity contribution in [1.29, 1.82) is 0 Å². The number of nitrogens with one attached hydrogen (secondary N) is 1. The molecule has 2 aliphatic rings. The molecule has 0 aromatic heterocycles. The van der Waals surface area contributed by atoms with Gasteiger partial charge in [-0.25, -0.2) is 4.39 Å². The van der Waals surface area contributed by atoms with E-state index in [0.717, 1.165) is 31.7 Å². The van der Waals surface area contributed by atoms with E-state index in [9.17, 15) is 4.39 Å². The van der Waals surface area contributed by atoms with Gasteiger partial charge in [0.25, 0.3) is 0 Å². The van der Waals surface area contributed by atoms with Crippen molar-refractivity contribution in [1.82, 2.24) is 10.2 Å². The van der Waals surface area contributed by atoms with Crippen LogP contribution < -0.4 is 5.32 Å². The van der Waals surface area contributed by atoms with E-state index in [-0.39, 0.29) is 10.8 Å². The smallest absolute Gasteiger partial charge is 0.142 e. The number of rotatable bonds is 3. The molecule has 1 aliphatic carbocycles. The maximum absolute atomic E-state index is 13.8. The van der Waals surface area contributed by atoms with Crippen LogP contribution in [-0.4, -0.2) is 31.1 Å². The summed E-state index contributed by atoms with van der Waals surface area (Å²) in [4.78, 5) is 2.52. The average Bonchev–Trinajstić information content (AvgIpc) is 2.98. The molecule has 2 fully saturated rings. The third-order valence-electron chi connectivity index (χ3n) is 4.68. The summed E-state index contributed by atoms with van der Waals surface area (Å²) >= 11 is 5.83. The van der Waals surface area contributed by atoms with Crippen molar-refractivity contribution in [3.63, 3.8) is 0 Å². The number of benzene rings is 1. The zero-order valence-corrected chi connectivity index (χ0v) is 12.5. The Bertz CT molecular complexity index is 454. The van der Waals surface area contributed by atoms with E-state index in [1.165, 1.54) is 25.7 Å². The van der Waals surface area contributed by atoms with Crippen molar-refractivity contribution < 1.29 is 4.39 Å². The van der Waals surface area contributed by atoms with Gasteiger partial charge in [0.05, 0.1) is 5.02 Å². The minimum absolute atomic E-state index is 0.222.